The fraction of sp³-hybridized carbons (Fsp3) is 0.636. The fourth-order valence-corrected chi connectivity index (χ4v) is 3.40. The zero-order valence-corrected chi connectivity index (χ0v) is 17.6. The molecule has 0 N–H and O–H groups in total. The molecule has 1 aliphatic heterocycles. The molecule has 0 atom stereocenters. The molecule has 0 aromatic heterocycles. The Morgan fingerprint density at radius 1 is 0.963 bits per heavy atom. The van der Waals surface area contributed by atoms with Gasteiger partial charge in [0, 0.05) is 55.9 Å². The average molecular weight is 374 g/mol. The molecule has 0 unspecified atom stereocenters. The van der Waals surface area contributed by atoms with Crippen LogP contribution in [0.15, 0.2) is 24.3 Å². The third kappa shape index (κ3) is 5.47. The number of hydrogen-bond donors (Lipinski definition) is 0. The minimum atomic E-state index is -0.370. The van der Waals surface area contributed by atoms with E-state index < -0.39 is 0 Å². The molecular weight excluding hydrogens is 338 g/mol. The van der Waals surface area contributed by atoms with Gasteiger partial charge in [0.05, 0.1) is 0 Å². The predicted molar refractivity (Wildman–Crippen MR) is 111 cm³/mol. The van der Waals surface area contributed by atoms with Gasteiger partial charge in [-0.2, -0.15) is 0 Å². The minimum absolute atomic E-state index is 0.0565. The number of carbonyl (C=O) groups excluding carboxylic acids is 2. The van der Waals surface area contributed by atoms with Crippen molar-refractivity contribution < 1.29 is 9.59 Å². The molecule has 0 saturated carbocycles. The van der Waals surface area contributed by atoms with Crippen LogP contribution in [0.3, 0.4) is 0 Å². The third-order valence-corrected chi connectivity index (χ3v) is 5.14. The van der Waals surface area contributed by atoms with Crippen molar-refractivity contribution >= 4 is 17.5 Å². The van der Waals surface area contributed by atoms with Crippen LogP contribution in [0.25, 0.3) is 0 Å². The molecule has 1 aromatic carbocycles. The van der Waals surface area contributed by atoms with E-state index in [9.17, 15) is 9.59 Å². The Morgan fingerprint density at radius 2 is 1.52 bits per heavy atom. The van der Waals surface area contributed by atoms with Crippen LogP contribution in [0.1, 0.15) is 57.8 Å². The average Bonchev–Trinajstić information content (AvgIpc) is 2.67. The summed E-state index contributed by atoms with van der Waals surface area (Å²) < 4.78 is 0. The summed E-state index contributed by atoms with van der Waals surface area (Å²) in [5.74, 6) is 0.215. The number of carbonyl (C=O) groups is 2. The van der Waals surface area contributed by atoms with Gasteiger partial charge in [0.15, 0.2) is 0 Å². The first-order valence-corrected chi connectivity index (χ1v) is 10.2. The van der Waals surface area contributed by atoms with Gasteiger partial charge < -0.3 is 14.7 Å². The Labute approximate surface area is 164 Å². The lowest BCUT2D eigenvalue weighted by molar-refractivity contribution is -0.140. The Hall–Kier alpha value is -2.04. The first-order valence-electron chi connectivity index (χ1n) is 10.2. The number of benzene rings is 1. The van der Waals surface area contributed by atoms with Crippen LogP contribution in [-0.4, -0.2) is 60.9 Å². The van der Waals surface area contributed by atoms with Gasteiger partial charge >= 0.3 is 0 Å². The maximum atomic E-state index is 12.8. The Balaban J connectivity index is 1.96. The highest BCUT2D eigenvalue weighted by molar-refractivity contribution is 5.94. The van der Waals surface area contributed by atoms with Crippen LogP contribution >= 0.6 is 0 Å². The topological polar surface area (TPSA) is 43.9 Å². The van der Waals surface area contributed by atoms with Crippen molar-refractivity contribution in [1.29, 1.82) is 0 Å². The molecule has 1 aromatic rings. The van der Waals surface area contributed by atoms with Crippen molar-refractivity contribution in [2.75, 3.05) is 44.2 Å². The molecule has 0 spiro atoms. The van der Waals surface area contributed by atoms with E-state index in [-0.39, 0.29) is 17.2 Å². The highest BCUT2D eigenvalue weighted by Gasteiger charge is 2.31. The van der Waals surface area contributed by atoms with Crippen LogP contribution in [0.4, 0.5) is 5.69 Å². The largest absolute Gasteiger partial charge is 0.372 e. The monoisotopic (exact) mass is 373 g/mol. The zero-order valence-electron chi connectivity index (χ0n) is 17.6. The molecule has 1 saturated heterocycles. The summed E-state index contributed by atoms with van der Waals surface area (Å²) in [5, 5.41) is 0. The number of anilines is 1. The van der Waals surface area contributed by atoms with Gasteiger partial charge in [0.2, 0.25) is 5.91 Å². The van der Waals surface area contributed by atoms with Gasteiger partial charge in [0.1, 0.15) is 0 Å². The molecule has 0 radical (unpaired) electrons. The summed E-state index contributed by atoms with van der Waals surface area (Å²) in [4.78, 5) is 31.3. The lowest BCUT2D eigenvalue weighted by Gasteiger charge is -2.37. The lowest BCUT2D eigenvalue weighted by atomic mass is 9.94. The van der Waals surface area contributed by atoms with Crippen LogP contribution < -0.4 is 4.90 Å². The number of rotatable bonds is 6. The second kappa shape index (κ2) is 9.25. The van der Waals surface area contributed by atoms with Crippen molar-refractivity contribution in [3.63, 3.8) is 0 Å². The quantitative estimate of drug-likeness (QED) is 0.765. The fourth-order valence-electron chi connectivity index (χ4n) is 3.40. The van der Waals surface area contributed by atoms with E-state index in [1.54, 1.807) is 0 Å². The molecule has 5 heteroatoms. The van der Waals surface area contributed by atoms with Gasteiger partial charge in [-0.25, -0.2) is 0 Å². The summed E-state index contributed by atoms with van der Waals surface area (Å²) >= 11 is 0. The van der Waals surface area contributed by atoms with Crippen molar-refractivity contribution in [3.8, 4) is 0 Å². The minimum Gasteiger partial charge on any atom is -0.372 e. The number of unbranched alkanes of at least 4 members (excludes halogenated alkanes) is 1. The van der Waals surface area contributed by atoms with Gasteiger partial charge in [-0.1, -0.05) is 34.1 Å². The standard InChI is InChI=1S/C22H35N3O2/c1-6-8-13-23(7-2)19-11-9-18(10-12-19)20(26)24-14-16-25(17-15-24)21(27)22(3,4)5/h9-12H,6-8,13-17H2,1-5H3. The summed E-state index contributed by atoms with van der Waals surface area (Å²) in [5.41, 5.74) is 1.52. The van der Waals surface area contributed by atoms with E-state index in [2.05, 4.69) is 18.7 Å². The van der Waals surface area contributed by atoms with E-state index in [4.69, 9.17) is 0 Å². The van der Waals surface area contributed by atoms with E-state index >= 15 is 0 Å². The number of nitrogens with zero attached hydrogens (tertiary/aromatic N) is 3. The summed E-state index contributed by atoms with van der Waals surface area (Å²) in [7, 11) is 0. The Morgan fingerprint density at radius 3 is 2.00 bits per heavy atom. The normalized spacial score (nSPS) is 15.0. The molecule has 2 amide bonds. The highest BCUT2D eigenvalue weighted by Crippen LogP contribution is 2.20. The molecule has 27 heavy (non-hydrogen) atoms. The molecular formula is C22H35N3O2. The molecule has 0 aliphatic carbocycles. The van der Waals surface area contributed by atoms with Gasteiger partial charge in [0.25, 0.3) is 5.91 Å². The number of hydrogen-bond acceptors (Lipinski definition) is 3. The van der Waals surface area contributed by atoms with E-state index in [1.165, 1.54) is 18.5 Å². The van der Waals surface area contributed by atoms with Crippen molar-refractivity contribution in [3.05, 3.63) is 29.8 Å². The van der Waals surface area contributed by atoms with E-state index in [0.717, 1.165) is 18.7 Å². The number of amides is 2. The third-order valence-electron chi connectivity index (χ3n) is 5.14. The first-order chi connectivity index (χ1) is 12.8. The van der Waals surface area contributed by atoms with Crippen LogP contribution in [0.5, 0.6) is 0 Å². The second-order valence-electron chi connectivity index (χ2n) is 8.31. The predicted octanol–water partition coefficient (Wildman–Crippen LogP) is 3.64. The smallest absolute Gasteiger partial charge is 0.253 e. The van der Waals surface area contributed by atoms with Crippen molar-refractivity contribution in [1.82, 2.24) is 9.80 Å². The maximum Gasteiger partial charge on any atom is 0.253 e. The maximum absolute atomic E-state index is 12.8. The molecule has 2 rings (SSSR count). The molecule has 1 fully saturated rings. The Kier molecular flexibility index (Phi) is 7.28. The van der Waals surface area contributed by atoms with Crippen molar-refractivity contribution in [2.45, 2.75) is 47.5 Å². The zero-order chi connectivity index (χ0) is 20.0. The van der Waals surface area contributed by atoms with Crippen molar-refractivity contribution in [2.24, 2.45) is 5.41 Å². The van der Waals surface area contributed by atoms with E-state index in [1.807, 2.05) is 54.8 Å². The lowest BCUT2D eigenvalue weighted by Crippen LogP contribution is -2.53. The molecule has 1 heterocycles. The summed E-state index contributed by atoms with van der Waals surface area (Å²) in [6, 6.07) is 7.95. The molecule has 150 valence electrons. The van der Waals surface area contributed by atoms with Crippen LogP contribution in [0, 0.1) is 5.41 Å². The SMILES string of the molecule is CCCCN(CC)c1ccc(C(=O)N2CCN(C(=O)C(C)(C)C)CC2)cc1. The second-order valence-corrected chi connectivity index (χ2v) is 8.31. The summed E-state index contributed by atoms with van der Waals surface area (Å²) in [6.07, 6.45) is 2.35. The highest BCUT2D eigenvalue weighted by atomic mass is 16.2. The summed E-state index contributed by atoms with van der Waals surface area (Å²) in [6.45, 7) is 14.6. The first kappa shape index (κ1) is 21.3. The van der Waals surface area contributed by atoms with Gasteiger partial charge in [-0.3, -0.25) is 9.59 Å². The molecule has 0 bridgehead atoms. The molecule has 5 nitrogen and oxygen atoms in total. The molecule has 1 aliphatic rings. The van der Waals surface area contributed by atoms with Gasteiger partial charge in [-0.05, 0) is 37.6 Å². The Bertz CT molecular complexity index is 626. The van der Waals surface area contributed by atoms with E-state index in [0.29, 0.717) is 26.2 Å². The number of piperazine rings is 1. The van der Waals surface area contributed by atoms with Crippen LogP contribution in [0.2, 0.25) is 0 Å². The van der Waals surface area contributed by atoms with Crippen LogP contribution in [-0.2, 0) is 4.79 Å². The van der Waals surface area contributed by atoms with Gasteiger partial charge in [-0.15, -0.1) is 0 Å².